The van der Waals surface area contributed by atoms with Gasteiger partial charge in [0, 0.05) is 29.5 Å². The number of carbonyl (C=O) groups is 1. The Kier molecular flexibility index (Phi) is 3.66. The van der Waals surface area contributed by atoms with Crippen LogP contribution in [0.15, 0.2) is 18.2 Å². The Bertz CT molecular complexity index is 510. The zero-order valence-electron chi connectivity index (χ0n) is 12.3. The van der Waals surface area contributed by atoms with Crippen molar-refractivity contribution in [1.82, 2.24) is 5.32 Å². The predicted molar refractivity (Wildman–Crippen MR) is 82.1 cm³/mol. The summed E-state index contributed by atoms with van der Waals surface area (Å²) >= 11 is 0. The zero-order chi connectivity index (χ0) is 14.1. The predicted octanol–water partition coefficient (Wildman–Crippen LogP) is 2.67. The van der Waals surface area contributed by atoms with Gasteiger partial charge >= 0.3 is 0 Å². The molecule has 0 bridgehead atoms. The van der Waals surface area contributed by atoms with Gasteiger partial charge in [-0.15, -0.1) is 0 Å². The molecular formula is C16H23N3O. The lowest BCUT2D eigenvalue weighted by atomic mass is 10.1. The van der Waals surface area contributed by atoms with Gasteiger partial charge in [-0.2, -0.15) is 0 Å². The van der Waals surface area contributed by atoms with E-state index in [0.29, 0.717) is 6.04 Å². The molecule has 1 heterocycles. The van der Waals surface area contributed by atoms with Crippen LogP contribution >= 0.6 is 0 Å². The highest BCUT2D eigenvalue weighted by molar-refractivity contribution is 6.03. The minimum Gasteiger partial charge on any atom is -0.368 e. The SMILES string of the molecule is CCCCN(c1ccc2c(c1)NC(=O)C2NC)C1CC1. The number of hydrogen-bond acceptors (Lipinski definition) is 3. The molecule has 2 N–H and O–H groups in total. The summed E-state index contributed by atoms with van der Waals surface area (Å²) in [5.74, 6) is 0.0474. The Morgan fingerprint density at radius 1 is 1.40 bits per heavy atom. The molecule has 0 saturated heterocycles. The lowest BCUT2D eigenvalue weighted by Gasteiger charge is -2.25. The van der Waals surface area contributed by atoms with E-state index in [4.69, 9.17) is 0 Å². The van der Waals surface area contributed by atoms with Crippen LogP contribution in [0.3, 0.4) is 0 Å². The number of nitrogens with zero attached hydrogens (tertiary/aromatic N) is 1. The second-order valence-electron chi connectivity index (χ2n) is 5.76. The minimum absolute atomic E-state index is 0.0474. The van der Waals surface area contributed by atoms with Crippen LogP contribution in [0.25, 0.3) is 0 Å². The molecule has 1 fully saturated rings. The highest BCUT2D eigenvalue weighted by Gasteiger charge is 2.32. The molecule has 108 valence electrons. The number of likely N-dealkylation sites (N-methyl/N-ethyl adjacent to an activating group) is 1. The Morgan fingerprint density at radius 3 is 2.85 bits per heavy atom. The van der Waals surface area contributed by atoms with E-state index in [9.17, 15) is 4.79 Å². The summed E-state index contributed by atoms with van der Waals surface area (Å²) in [5.41, 5.74) is 3.28. The van der Waals surface area contributed by atoms with Crippen LogP contribution in [0.2, 0.25) is 0 Å². The normalized spacial score (nSPS) is 20.7. The van der Waals surface area contributed by atoms with E-state index in [1.807, 2.05) is 7.05 Å². The van der Waals surface area contributed by atoms with Crippen LogP contribution in [-0.2, 0) is 4.79 Å². The van der Waals surface area contributed by atoms with Gasteiger partial charge in [-0.3, -0.25) is 4.79 Å². The van der Waals surface area contributed by atoms with E-state index in [-0.39, 0.29) is 11.9 Å². The summed E-state index contributed by atoms with van der Waals surface area (Å²) in [5, 5.41) is 6.04. The maximum atomic E-state index is 11.9. The number of nitrogens with one attached hydrogen (secondary N) is 2. The van der Waals surface area contributed by atoms with Gasteiger partial charge in [-0.1, -0.05) is 19.4 Å². The first-order chi connectivity index (χ1) is 9.74. The molecule has 1 saturated carbocycles. The molecule has 1 aliphatic heterocycles. The van der Waals surface area contributed by atoms with Crippen LogP contribution in [-0.4, -0.2) is 25.5 Å². The van der Waals surface area contributed by atoms with Crippen LogP contribution in [0, 0.1) is 0 Å². The van der Waals surface area contributed by atoms with Gasteiger partial charge in [0.1, 0.15) is 6.04 Å². The number of carbonyl (C=O) groups excluding carboxylic acids is 1. The van der Waals surface area contributed by atoms with Crippen molar-refractivity contribution >= 4 is 17.3 Å². The summed E-state index contributed by atoms with van der Waals surface area (Å²) in [6.45, 7) is 3.34. The van der Waals surface area contributed by atoms with E-state index >= 15 is 0 Å². The lowest BCUT2D eigenvalue weighted by molar-refractivity contribution is -0.117. The number of rotatable bonds is 6. The molecule has 0 aromatic heterocycles. The van der Waals surface area contributed by atoms with Crippen molar-refractivity contribution in [3.8, 4) is 0 Å². The van der Waals surface area contributed by atoms with Crippen molar-refractivity contribution in [2.75, 3.05) is 23.8 Å². The third-order valence-corrected chi connectivity index (χ3v) is 4.23. The Labute approximate surface area is 120 Å². The van der Waals surface area contributed by atoms with Gasteiger partial charge in [0.15, 0.2) is 0 Å². The summed E-state index contributed by atoms with van der Waals surface area (Å²) in [7, 11) is 1.82. The van der Waals surface area contributed by atoms with Crippen molar-refractivity contribution in [1.29, 1.82) is 0 Å². The molecule has 1 amide bonds. The molecule has 1 unspecified atom stereocenters. The number of fused-ring (bicyclic) bond motifs is 1. The fraction of sp³-hybridized carbons (Fsp3) is 0.562. The van der Waals surface area contributed by atoms with Gasteiger partial charge in [0.25, 0.3) is 0 Å². The molecule has 3 rings (SSSR count). The number of amides is 1. The summed E-state index contributed by atoms with van der Waals surface area (Å²) in [4.78, 5) is 14.4. The van der Waals surface area contributed by atoms with E-state index in [0.717, 1.165) is 17.8 Å². The standard InChI is InChI=1S/C16H23N3O/c1-3-4-9-19(11-5-6-11)12-7-8-13-14(10-12)18-16(20)15(13)17-2/h7-8,10-11,15,17H,3-6,9H2,1-2H3,(H,18,20). The Balaban J connectivity index is 1.84. The molecular weight excluding hydrogens is 250 g/mol. The fourth-order valence-electron chi connectivity index (χ4n) is 2.95. The highest BCUT2D eigenvalue weighted by Crippen LogP contribution is 2.37. The van der Waals surface area contributed by atoms with E-state index < -0.39 is 0 Å². The monoisotopic (exact) mass is 273 g/mol. The molecule has 0 spiro atoms. The second kappa shape index (κ2) is 5.44. The maximum Gasteiger partial charge on any atom is 0.246 e. The first-order valence-corrected chi connectivity index (χ1v) is 7.63. The molecule has 2 aliphatic rings. The van der Waals surface area contributed by atoms with Gasteiger partial charge in [0.05, 0.1) is 0 Å². The van der Waals surface area contributed by atoms with Gasteiger partial charge < -0.3 is 15.5 Å². The number of unbranched alkanes of at least 4 members (excludes halogenated alkanes) is 1. The van der Waals surface area contributed by atoms with Crippen molar-refractivity contribution in [2.24, 2.45) is 0 Å². The second-order valence-corrected chi connectivity index (χ2v) is 5.76. The molecule has 1 atom stereocenters. The maximum absolute atomic E-state index is 11.9. The van der Waals surface area contributed by atoms with Crippen LogP contribution in [0.5, 0.6) is 0 Å². The summed E-state index contributed by atoms with van der Waals surface area (Å²) < 4.78 is 0. The summed E-state index contributed by atoms with van der Waals surface area (Å²) in [6, 6.07) is 6.89. The van der Waals surface area contributed by atoms with Crippen LogP contribution < -0.4 is 15.5 Å². The van der Waals surface area contributed by atoms with Crippen molar-refractivity contribution in [2.45, 2.75) is 44.7 Å². The zero-order valence-corrected chi connectivity index (χ0v) is 12.3. The first kappa shape index (κ1) is 13.4. The quantitative estimate of drug-likeness (QED) is 0.837. The lowest BCUT2D eigenvalue weighted by Crippen LogP contribution is -2.26. The van der Waals surface area contributed by atoms with Crippen LogP contribution in [0.4, 0.5) is 11.4 Å². The van der Waals surface area contributed by atoms with Crippen LogP contribution in [0.1, 0.15) is 44.2 Å². The van der Waals surface area contributed by atoms with E-state index in [2.05, 4.69) is 40.7 Å². The van der Waals surface area contributed by atoms with E-state index in [1.54, 1.807) is 0 Å². The average Bonchev–Trinajstić information content (AvgIpc) is 3.22. The molecule has 1 aliphatic carbocycles. The Hall–Kier alpha value is -1.55. The third-order valence-electron chi connectivity index (χ3n) is 4.23. The molecule has 1 aromatic carbocycles. The van der Waals surface area contributed by atoms with Gasteiger partial charge in [-0.05, 0) is 38.4 Å². The number of hydrogen-bond donors (Lipinski definition) is 2. The number of anilines is 2. The largest absolute Gasteiger partial charge is 0.368 e. The highest BCUT2D eigenvalue weighted by atomic mass is 16.2. The molecule has 4 nitrogen and oxygen atoms in total. The number of benzene rings is 1. The molecule has 1 aromatic rings. The van der Waals surface area contributed by atoms with Crippen molar-refractivity contribution < 1.29 is 4.79 Å². The van der Waals surface area contributed by atoms with Crippen molar-refractivity contribution in [3.63, 3.8) is 0 Å². The van der Waals surface area contributed by atoms with Gasteiger partial charge in [-0.25, -0.2) is 0 Å². The summed E-state index contributed by atoms with van der Waals surface area (Å²) in [6.07, 6.45) is 5.03. The van der Waals surface area contributed by atoms with E-state index in [1.165, 1.54) is 31.4 Å². The van der Waals surface area contributed by atoms with Crippen molar-refractivity contribution in [3.05, 3.63) is 23.8 Å². The fourth-order valence-corrected chi connectivity index (χ4v) is 2.95. The average molecular weight is 273 g/mol. The molecule has 4 heteroatoms. The molecule has 20 heavy (non-hydrogen) atoms. The first-order valence-electron chi connectivity index (χ1n) is 7.63. The Morgan fingerprint density at radius 2 is 2.20 bits per heavy atom. The smallest absolute Gasteiger partial charge is 0.246 e. The molecule has 0 radical (unpaired) electrons. The third kappa shape index (κ3) is 2.40. The van der Waals surface area contributed by atoms with Gasteiger partial charge in [0.2, 0.25) is 5.91 Å². The topological polar surface area (TPSA) is 44.4 Å². The minimum atomic E-state index is -0.205.